The van der Waals surface area contributed by atoms with Crippen molar-refractivity contribution in [2.24, 2.45) is 0 Å². The van der Waals surface area contributed by atoms with Crippen LogP contribution < -0.4 is 14.8 Å². The molecule has 5 aromatic carbocycles. The Kier molecular flexibility index (Phi) is 9.88. The Morgan fingerprint density at radius 2 is 1.26 bits per heavy atom. The lowest BCUT2D eigenvalue weighted by Gasteiger charge is -2.27. The molecule has 5 nitrogen and oxygen atoms in total. The summed E-state index contributed by atoms with van der Waals surface area (Å²) in [5.74, 6) is 1.46. The maximum atomic E-state index is 13.6. The first kappa shape index (κ1) is 28.5. The highest BCUT2D eigenvalue weighted by Crippen LogP contribution is 2.31. The Labute approximate surface area is 248 Å². The van der Waals surface area contributed by atoms with Crippen molar-refractivity contribution >= 4 is 11.7 Å². The molecule has 0 bridgehead atoms. The quantitative estimate of drug-likeness (QED) is 0.168. The molecule has 0 saturated heterocycles. The third kappa shape index (κ3) is 7.79. The number of methoxy groups -OCH3 is 1. The van der Waals surface area contributed by atoms with E-state index in [1.54, 1.807) is 7.11 Å². The van der Waals surface area contributed by atoms with Gasteiger partial charge in [-0.15, -0.1) is 0 Å². The molecule has 0 spiro atoms. The summed E-state index contributed by atoms with van der Waals surface area (Å²) in [5, 5.41) is 3.08. The number of hydrogen-bond donors (Lipinski definition) is 1. The zero-order valence-corrected chi connectivity index (χ0v) is 23.9. The second kappa shape index (κ2) is 14.6. The number of anilines is 1. The first-order valence-electron chi connectivity index (χ1n) is 14.2. The van der Waals surface area contributed by atoms with E-state index in [1.165, 1.54) is 11.1 Å². The number of carbonyl (C=O) groups excluding carboxylic acids is 1. The predicted octanol–water partition coefficient (Wildman–Crippen LogP) is 8.53. The molecule has 1 N–H and O–H groups in total. The molecule has 212 valence electrons. The molecule has 42 heavy (non-hydrogen) atoms. The minimum Gasteiger partial charge on any atom is -0.493 e. The Hall–Kier alpha value is -5.03. The van der Waals surface area contributed by atoms with Gasteiger partial charge in [-0.05, 0) is 52.9 Å². The second-order valence-corrected chi connectivity index (χ2v) is 10.1. The number of urea groups is 1. The lowest BCUT2D eigenvalue weighted by molar-refractivity contribution is 0.207. The highest BCUT2D eigenvalue weighted by molar-refractivity contribution is 5.89. The Morgan fingerprint density at radius 3 is 1.86 bits per heavy atom. The van der Waals surface area contributed by atoms with E-state index in [2.05, 4.69) is 53.8 Å². The van der Waals surface area contributed by atoms with Gasteiger partial charge >= 0.3 is 6.03 Å². The van der Waals surface area contributed by atoms with E-state index in [0.29, 0.717) is 31.2 Å². The molecule has 2 amide bonds. The number of carbonyl (C=O) groups is 1. The van der Waals surface area contributed by atoms with Gasteiger partial charge in [-0.1, -0.05) is 115 Å². The lowest BCUT2D eigenvalue weighted by Crippen LogP contribution is -2.36. The molecule has 0 aliphatic rings. The predicted molar refractivity (Wildman–Crippen MR) is 169 cm³/mol. The average molecular weight is 557 g/mol. The molecule has 0 saturated carbocycles. The van der Waals surface area contributed by atoms with E-state index < -0.39 is 0 Å². The van der Waals surface area contributed by atoms with Gasteiger partial charge < -0.3 is 19.7 Å². The molecule has 0 aliphatic carbocycles. The summed E-state index contributed by atoms with van der Waals surface area (Å²) in [6.45, 7) is 1.43. The second-order valence-electron chi connectivity index (χ2n) is 10.1. The third-order valence-corrected chi connectivity index (χ3v) is 7.24. The van der Waals surface area contributed by atoms with Crippen LogP contribution in [0.2, 0.25) is 0 Å². The van der Waals surface area contributed by atoms with Crippen LogP contribution in [0.4, 0.5) is 10.5 Å². The standard InChI is InChI=1S/C37H36N2O3/c1-41-36-26-30(22-23-35(36)42-28-29-14-6-2-7-15-29)27-39(37(40)38-33-20-12-5-13-21-33)25-24-34(31-16-8-3-9-17-31)32-18-10-4-11-19-32/h2-23,26,34H,24-25,27-28H2,1H3,(H,38,40). The molecule has 5 heteroatoms. The van der Waals surface area contributed by atoms with Crippen molar-refractivity contribution in [2.45, 2.75) is 25.5 Å². The normalized spacial score (nSPS) is 10.7. The van der Waals surface area contributed by atoms with Gasteiger partial charge in [-0.2, -0.15) is 0 Å². The third-order valence-electron chi connectivity index (χ3n) is 7.24. The van der Waals surface area contributed by atoms with Gasteiger partial charge in [0.2, 0.25) is 0 Å². The Bertz CT molecular complexity index is 1490. The van der Waals surface area contributed by atoms with E-state index in [9.17, 15) is 4.79 Å². The van der Waals surface area contributed by atoms with Crippen LogP contribution in [0.1, 0.15) is 34.6 Å². The number of benzene rings is 5. The van der Waals surface area contributed by atoms with Crippen molar-refractivity contribution in [1.29, 1.82) is 0 Å². The van der Waals surface area contributed by atoms with Crippen LogP contribution in [-0.4, -0.2) is 24.6 Å². The van der Waals surface area contributed by atoms with E-state index in [-0.39, 0.29) is 11.9 Å². The van der Waals surface area contributed by atoms with Crippen LogP contribution in [0.5, 0.6) is 11.5 Å². The van der Waals surface area contributed by atoms with Gasteiger partial charge in [0.15, 0.2) is 11.5 Å². The van der Waals surface area contributed by atoms with Crippen molar-refractivity contribution in [2.75, 3.05) is 19.0 Å². The molecule has 0 atom stereocenters. The topological polar surface area (TPSA) is 50.8 Å². The number of amides is 2. The summed E-state index contributed by atoms with van der Waals surface area (Å²) in [6.07, 6.45) is 0.769. The molecule has 5 rings (SSSR count). The summed E-state index contributed by atoms with van der Waals surface area (Å²) in [4.78, 5) is 15.5. The Balaban J connectivity index is 1.36. The highest BCUT2D eigenvalue weighted by Gasteiger charge is 2.20. The van der Waals surface area contributed by atoms with Gasteiger partial charge in [0.25, 0.3) is 0 Å². The fourth-order valence-electron chi connectivity index (χ4n) is 5.04. The van der Waals surface area contributed by atoms with Crippen LogP contribution in [0.25, 0.3) is 0 Å². The van der Waals surface area contributed by atoms with Gasteiger partial charge in [0.05, 0.1) is 7.11 Å². The zero-order valence-electron chi connectivity index (χ0n) is 23.9. The summed E-state index contributed by atoms with van der Waals surface area (Å²) < 4.78 is 11.7. The first-order valence-corrected chi connectivity index (χ1v) is 14.2. The van der Waals surface area contributed by atoms with Crippen molar-refractivity contribution in [3.8, 4) is 11.5 Å². The van der Waals surface area contributed by atoms with E-state index in [0.717, 1.165) is 23.2 Å². The summed E-state index contributed by atoms with van der Waals surface area (Å²) in [5.41, 5.74) is 5.26. The zero-order chi connectivity index (χ0) is 29.0. The maximum Gasteiger partial charge on any atom is 0.322 e. The minimum atomic E-state index is -0.149. The average Bonchev–Trinajstić information content (AvgIpc) is 3.05. The molecular weight excluding hydrogens is 520 g/mol. The van der Waals surface area contributed by atoms with Gasteiger partial charge in [0, 0.05) is 24.7 Å². The SMILES string of the molecule is COc1cc(CN(CCC(c2ccccc2)c2ccccc2)C(=O)Nc2ccccc2)ccc1OCc1ccccc1. The van der Waals surface area contributed by atoms with Gasteiger partial charge in [0.1, 0.15) is 6.61 Å². The van der Waals surface area contributed by atoms with Crippen molar-refractivity contribution in [1.82, 2.24) is 4.90 Å². The van der Waals surface area contributed by atoms with Crippen molar-refractivity contribution in [3.63, 3.8) is 0 Å². The number of nitrogens with one attached hydrogen (secondary N) is 1. The number of rotatable bonds is 12. The van der Waals surface area contributed by atoms with Crippen LogP contribution in [-0.2, 0) is 13.2 Å². The van der Waals surface area contributed by atoms with Crippen LogP contribution in [0.15, 0.2) is 140 Å². The lowest BCUT2D eigenvalue weighted by atomic mass is 9.88. The number of hydrogen-bond acceptors (Lipinski definition) is 3. The van der Waals surface area contributed by atoms with E-state index >= 15 is 0 Å². The summed E-state index contributed by atoms with van der Waals surface area (Å²) >= 11 is 0. The van der Waals surface area contributed by atoms with Gasteiger partial charge in [-0.3, -0.25) is 0 Å². The fourth-order valence-corrected chi connectivity index (χ4v) is 5.04. The van der Waals surface area contributed by atoms with E-state index in [4.69, 9.17) is 9.47 Å². The van der Waals surface area contributed by atoms with Crippen LogP contribution in [0.3, 0.4) is 0 Å². The van der Waals surface area contributed by atoms with E-state index in [1.807, 2.05) is 95.9 Å². The monoisotopic (exact) mass is 556 g/mol. The molecule has 0 radical (unpaired) electrons. The van der Waals surface area contributed by atoms with Crippen LogP contribution >= 0.6 is 0 Å². The van der Waals surface area contributed by atoms with Gasteiger partial charge in [-0.25, -0.2) is 4.79 Å². The first-order chi connectivity index (χ1) is 20.7. The smallest absolute Gasteiger partial charge is 0.322 e. The molecule has 0 heterocycles. The minimum absolute atomic E-state index is 0.149. The number of ether oxygens (including phenoxy) is 2. The summed E-state index contributed by atoms with van der Waals surface area (Å²) in [7, 11) is 1.64. The van der Waals surface area contributed by atoms with Crippen LogP contribution in [0, 0.1) is 0 Å². The molecule has 0 aliphatic heterocycles. The molecule has 0 unspecified atom stereocenters. The Morgan fingerprint density at radius 1 is 0.690 bits per heavy atom. The molecular formula is C37H36N2O3. The highest BCUT2D eigenvalue weighted by atomic mass is 16.5. The molecule has 5 aromatic rings. The largest absolute Gasteiger partial charge is 0.493 e. The fraction of sp³-hybridized carbons (Fsp3) is 0.162. The number of nitrogens with zero attached hydrogens (tertiary/aromatic N) is 1. The maximum absolute atomic E-state index is 13.6. The molecule has 0 aromatic heterocycles. The number of para-hydroxylation sites is 1. The van der Waals surface area contributed by atoms with Crippen molar-refractivity contribution < 1.29 is 14.3 Å². The summed E-state index contributed by atoms with van der Waals surface area (Å²) in [6, 6.07) is 46.3. The molecule has 0 fully saturated rings. The van der Waals surface area contributed by atoms with Crippen molar-refractivity contribution in [3.05, 3.63) is 162 Å².